The molecule has 0 saturated heterocycles. The second-order valence-electron chi connectivity index (χ2n) is 2.48. The van der Waals surface area contributed by atoms with Crippen LogP contribution < -0.4 is 5.73 Å². The summed E-state index contributed by atoms with van der Waals surface area (Å²) in [4.78, 5) is 2.54. The minimum absolute atomic E-state index is 0.0146. The zero-order valence-electron chi connectivity index (χ0n) is 6.92. The van der Waals surface area contributed by atoms with Crippen LogP contribution in [-0.2, 0) is 9.05 Å². The van der Waals surface area contributed by atoms with Gasteiger partial charge in [-0.25, -0.2) is 17.2 Å². The molecule has 9 heteroatoms. The van der Waals surface area contributed by atoms with Crippen LogP contribution in [0.25, 0.3) is 0 Å². The van der Waals surface area contributed by atoms with Crippen LogP contribution in [-0.4, -0.2) is 13.4 Å². The van der Waals surface area contributed by atoms with Gasteiger partial charge >= 0.3 is 0 Å². The Morgan fingerprint density at radius 2 is 2.07 bits per heavy atom. The molecule has 15 heavy (non-hydrogen) atoms. The minimum Gasteiger partial charge on any atom is -0.397 e. The molecular formula is C6H4ClF2IN2O2S. The van der Waals surface area contributed by atoms with Crippen molar-refractivity contribution in [3.8, 4) is 0 Å². The van der Waals surface area contributed by atoms with Crippen LogP contribution in [0.2, 0.25) is 0 Å². The first-order chi connectivity index (χ1) is 6.75. The van der Waals surface area contributed by atoms with Crippen molar-refractivity contribution >= 4 is 48.0 Å². The maximum atomic E-state index is 12.4. The molecule has 1 rings (SSSR count). The molecule has 0 saturated carbocycles. The highest BCUT2D eigenvalue weighted by atomic mass is 127. The summed E-state index contributed by atoms with van der Waals surface area (Å²) >= 11 is 1.53. The number of nitrogens with two attached hydrogens (primary N) is 1. The van der Waals surface area contributed by atoms with Crippen molar-refractivity contribution in [2.45, 2.75) is 11.3 Å². The van der Waals surface area contributed by atoms with Crippen LogP contribution >= 0.6 is 33.3 Å². The van der Waals surface area contributed by atoms with E-state index in [-0.39, 0.29) is 9.26 Å². The van der Waals surface area contributed by atoms with Crippen LogP contribution in [0, 0.1) is 3.57 Å². The molecule has 0 unspecified atom stereocenters. The van der Waals surface area contributed by atoms with E-state index in [9.17, 15) is 17.2 Å². The molecule has 1 heterocycles. The fraction of sp³-hybridized carbons (Fsp3) is 0.167. The van der Waals surface area contributed by atoms with Gasteiger partial charge in [0.15, 0.2) is 0 Å². The van der Waals surface area contributed by atoms with E-state index < -0.39 is 26.1 Å². The minimum atomic E-state index is -4.29. The highest BCUT2D eigenvalue weighted by Crippen LogP contribution is 2.33. The highest BCUT2D eigenvalue weighted by molar-refractivity contribution is 14.1. The Labute approximate surface area is 102 Å². The Hall–Kier alpha value is -0.220. The number of pyridine rings is 1. The van der Waals surface area contributed by atoms with Crippen molar-refractivity contribution in [3.05, 3.63) is 15.5 Å². The van der Waals surface area contributed by atoms with Gasteiger partial charge < -0.3 is 5.73 Å². The highest BCUT2D eigenvalue weighted by Gasteiger charge is 2.27. The van der Waals surface area contributed by atoms with E-state index in [2.05, 4.69) is 4.98 Å². The van der Waals surface area contributed by atoms with Gasteiger partial charge in [0.1, 0.15) is 10.6 Å². The Morgan fingerprint density at radius 3 is 2.47 bits per heavy atom. The van der Waals surface area contributed by atoms with E-state index in [4.69, 9.17) is 16.4 Å². The zero-order chi connectivity index (χ0) is 11.8. The fourth-order valence-corrected chi connectivity index (χ4v) is 3.75. The Kier molecular flexibility index (Phi) is 3.71. The van der Waals surface area contributed by atoms with Gasteiger partial charge in [0.2, 0.25) is 0 Å². The summed E-state index contributed by atoms with van der Waals surface area (Å²) < 4.78 is 47.0. The third kappa shape index (κ3) is 2.67. The first-order valence-electron chi connectivity index (χ1n) is 3.42. The predicted octanol–water partition coefficient (Wildman–Crippen LogP) is 2.13. The standard InChI is InChI=1S/C6H4ClF2IN2O2S/c7-15(13,14)5-3(10)2(11)1-12-4(5)6(8)9/h1,6H,11H2. The molecule has 0 amide bonds. The predicted molar refractivity (Wildman–Crippen MR) is 59.4 cm³/mol. The van der Waals surface area contributed by atoms with Crippen LogP contribution in [0.5, 0.6) is 0 Å². The van der Waals surface area contributed by atoms with Gasteiger partial charge in [-0.15, -0.1) is 0 Å². The maximum absolute atomic E-state index is 12.4. The number of hydrogen-bond donors (Lipinski definition) is 1. The molecule has 84 valence electrons. The number of alkyl halides is 2. The number of nitrogens with zero attached hydrogens (tertiary/aromatic N) is 1. The van der Waals surface area contributed by atoms with E-state index in [0.717, 1.165) is 6.20 Å². The molecule has 0 bridgehead atoms. The van der Waals surface area contributed by atoms with Gasteiger partial charge in [0.05, 0.1) is 15.5 Å². The third-order valence-electron chi connectivity index (χ3n) is 1.48. The lowest BCUT2D eigenvalue weighted by Crippen LogP contribution is -2.07. The van der Waals surface area contributed by atoms with Crippen molar-refractivity contribution in [2.24, 2.45) is 0 Å². The SMILES string of the molecule is Nc1cnc(C(F)F)c(S(=O)(=O)Cl)c1I. The molecule has 0 spiro atoms. The monoisotopic (exact) mass is 368 g/mol. The quantitative estimate of drug-likeness (QED) is 0.641. The number of halogens is 4. The lowest BCUT2D eigenvalue weighted by atomic mass is 10.3. The molecule has 0 atom stereocenters. The van der Waals surface area contributed by atoms with Crippen molar-refractivity contribution in [1.82, 2.24) is 4.98 Å². The number of hydrogen-bond acceptors (Lipinski definition) is 4. The molecule has 4 nitrogen and oxygen atoms in total. The molecular weight excluding hydrogens is 364 g/mol. The Balaban J connectivity index is 3.65. The van der Waals surface area contributed by atoms with E-state index in [1.165, 1.54) is 22.6 Å². The van der Waals surface area contributed by atoms with E-state index in [0.29, 0.717) is 0 Å². The Morgan fingerprint density at radius 1 is 1.53 bits per heavy atom. The van der Waals surface area contributed by atoms with Crippen LogP contribution in [0.1, 0.15) is 12.1 Å². The summed E-state index contributed by atoms with van der Waals surface area (Å²) in [6, 6.07) is 0. The summed E-state index contributed by atoms with van der Waals surface area (Å²) in [6.45, 7) is 0. The topological polar surface area (TPSA) is 73.0 Å². The van der Waals surface area contributed by atoms with Gasteiger partial charge in [-0.3, -0.25) is 4.98 Å². The first-order valence-corrected chi connectivity index (χ1v) is 6.80. The van der Waals surface area contributed by atoms with Gasteiger partial charge in [0, 0.05) is 10.7 Å². The lowest BCUT2D eigenvalue weighted by molar-refractivity contribution is 0.142. The average Bonchev–Trinajstić information content (AvgIpc) is 2.06. The molecule has 0 fully saturated rings. The molecule has 1 aromatic rings. The summed E-state index contributed by atoms with van der Waals surface area (Å²) in [5.74, 6) is 0. The molecule has 0 aliphatic heterocycles. The van der Waals surface area contributed by atoms with E-state index in [1.54, 1.807) is 0 Å². The van der Waals surface area contributed by atoms with E-state index in [1.807, 2.05) is 0 Å². The lowest BCUT2D eigenvalue weighted by Gasteiger charge is -2.08. The van der Waals surface area contributed by atoms with E-state index >= 15 is 0 Å². The van der Waals surface area contributed by atoms with Crippen LogP contribution in [0.4, 0.5) is 14.5 Å². The molecule has 0 aromatic carbocycles. The van der Waals surface area contributed by atoms with Crippen molar-refractivity contribution in [3.63, 3.8) is 0 Å². The van der Waals surface area contributed by atoms with Crippen LogP contribution in [0.15, 0.2) is 11.1 Å². The van der Waals surface area contributed by atoms with Crippen molar-refractivity contribution in [1.29, 1.82) is 0 Å². The zero-order valence-corrected chi connectivity index (χ0v) is 10.6. The maximum Gasteiger partial charge on any atom is 0.281 e. The fourth-order valence-electron chi connectivity index (χ4n) is 0.885. The number of anilines is 1. The third-order valence-corrected chi connectivity index (χ3v) is 4.37. The molecule has 0 aliphatic rings. The number of rotatable bonds is 2. The summed E-state index contributed by atoms with van der Waals surface area (Å²) in [5.41, 5.74) is 4.45. The molecule has 1 aromatic heterocycles. The molecule has 0 radical (unpaired) electrons. The van der Waals surface area contributed by atoms with Crippen molar-refractivity contribution < 1.29 is 17.2 Å². The second kappa shape index (κ2) is 4.34. The molecule has 0 aliphatic carbocycles. The second-order valence-corrected chi connectivity index (χ2v) is 6.06. The average molecular weight is 369 g/mol. The van der Waals surface area contributed by atoms with Gasteiger partial charge in [-0.05, 0) is 22.6 Å². The normalized spacial score (nSPS) is 12.1. The largest absolute Gasteiger partial charge is 0.397 e. The molecule has 2 N–H and O–H groups in total. The summed E-state index contributed by atoms with van der Waals surface area (Å²) in [7, 11) is 0.734. The van der Waals surface area contributed by atoms with Crippen molar-refractivity contribution in [2.75, 3.05) is 5.73 Å². The Bertz CT molecular complexity index is 494. The van der Waals surface area contributed by atoms with Gasteiger partial charge in [-0.1, -0.05) is 0 Å². The van der Waals surface area contributed by atoms with Crippen LogP contribution in [0.3, 0.4) is 0 Å². The number of aromatic nitrogens is 1. The number of nitrogen functional groups attached to an aromatic ring is 1. The summed E-state index contributed by atoms with van der Waals surface area (Å²) in [5, 5.41) is 0. The summed E-state index contributed by atoms with van der Waals surface area (Å²) in [6.07, 6.45) is -2.06. The van der Waals surface area contributed by atoms with Gasteiger partial charge in [0.25, 0.3) is 15.5 Å². The first kappa shape index (κ1) is 12.8. The van der Waals surface area contributed by atoms with Gasteiger partial charge in [-0.2, -0.15) is 0 Å². The smallest absolute Gasteiger partial charge is 0.281 e.